The van der Waals surface area contributed by atoms with Gasteiger partial charge in [-0.1, -0.05) is 0 Å². The number of carboxylic acids is 1. The van der Waals surface area contributed by atoms with Crippen LogP contribution in [0.1, 0.15) is 11.4 Å². The smallest absolute Gasteiger partial charge is 0.309 e. The Morgan fingerprint density at radius 1 is 1.44 bits per heavy atom. The fraction of sp³-hybridized carbons (Fsp3) is 0.182. The van der Waals surface area contributed by atoms with Crippen LogP contribution in [-0.4, -0.2) is 26.0 Å². The summed E-state index contributed by atoms with van der Waals surface area (Å²) in [5.74, 6) is -0.202. The van der Waals surface area contributed by atoms with Crippen LogP contribution in [0.5, 0.6) is 0 Å². The fourth-order valence-electron chi connectivity index (χ4n) is 1.46. The molecule has 2 N–H and O–H groups in total. The number of nitrogens with zero attached hydrogens (tertiary/aromatic N) is 2. The molecule has 0 saturated carbocycles. The van der Waals surface area contributed by atoms with Gasteiger partial charge in [0.1, 0.15) is 5.82 Å². The topological polar surface area (TPSA) is 78.9 Å². The summed E-state index contributed by atoms with van der Waals surface area (Å²) in [4.78, 5) is 21.8. The van der Waals surface area contributed by atoms with Crippen molar-refractivity contribution in [2.45, 2.75) is 13.3 Å². The lowest BCUT2D eigenvalue weighted by Crippen LogP contribution is -2.01. The first kappa shape index (κ1) is 10.4. The van der Waals surface area contributed by atoms with Gasteiger partial charge in [-0.25, -0.2) is 4.98 Å². The summed E-state index contributed by atoms with van der Waals surface area (Å²) < 4.78 is 0. The summed E-state index contributed by atoms with van der Waals surface area (Å²) in [7, 11) is 0. The molecular formula is C11H11N3O2. The molecular weight excluding hydrogens is 206 g/mol. The van der Waals surface area contributed by atoms with Crippen molar-refractivity contribution in [3.63, 3.8) is 0 Å². The normalized spacial score (nSPS) is 10.3. The van der Waals surface area contributed by atoms with E-state index >= 15 is 0 Å². The molecule has 0 spiro atoms. The van der Waals surface area contributed by atoms with E-state index in [4.69, 9.17) is 5.11 Å². The van der Waals surface area contributed by atoms with Gasteiger partial charge in [0.25, 0.3) is 0 Å². The largest absolute Gasteiger partial charge is 0.481 e. The second-order valence-corrected chi connectivity index (χ2v) is 3.46. The summed E-state index contributed by atoms with van der Waals surface area (Å²) in [6, 6.07) is 3.64. The SMILES string of the molecule is Cc1[nH]c(-c2ccncc2)nc1CC(=O)O. The van der Waals surface area contributed by atoms with E-state index in [0.29, 0.717) is 11.5 Å². The Labute approximate surface area is 92.2 Å². The number of hydrogen-bond acceptors (Lipinski definition) is 3. The number of pyridine rings is 1. The van der Waals surface area contributed by atoms with Crippen LogP contribution in [0.4, 0.5) is 0 Å². The summed E-state index contributed by atoms with van der Waals surface area (Å²) in [5.41, 5.74) is 2.25. The van der Waals surface area contributed by atoms with Gasteiger partial charge >= 0.3 is 5.97 Å². The van der Waals surface area contributed by atoms with Crippen LogP contribution in [0, 0.1) is 6.92 Å². The van der Waals surface area contributed by atoms with E-state index in [1.54, 1.807) is 12.4 Å². The molecule has 0 atom stereocenters. The second kappa shape index (κ2) is 4.14. The average Bonchev–Trinajstić information content (AvgIpc) is 2.61. The van der Waals surface area contributed by atoms with Crippen molar-refractivity contribution < 1.29 is 9.90 Å². The zero-order valence-corrected chi connectivity index (χ0v) is 8.77. The van der Waals surface area contributed by atoms with Gasteiger partial charge in [0, 0.05) is 23.7 Å². The molecule has 0 aliphatic rings. The first-order chi connectivity index (χ1) is 7.66. The van der Waals surface area contributed by atoms with E-state index in [9.17, 15) is 4.79 Å². The van der Waals surface area contributed by atoms with Crippen molar-refractivity contribution in [3.05, 3.63) is 35.9 Å². The van der Waals surface area contributed by atoms with E-state index < -0.39 is 5.97 Å². The fourth-order valence-corrected chi connectivity index (χ4v) is 1.46. The van der Waals surface area contributed by atoms with Crippen molar-refractivity contribution in [1.29, 1.82) is 0 Å². The number of aryl methyl sites for hydroxylation is 1. The molecule has 0 aliphatic carbocycles. The molecule has 5 nitrogen and oxygen atoms in total. The molecule has 82 valence electrons. The van der Waals surface area contributed by atoms with Gasteiger partial charge in [-0.15, -0.1) is 0 Å². The molecule has 0 unspecified atom stereocenters. The minimum absolute atomic E-state index is 0.0621. The van der Waals surface area contributed by atoms with Gasteiger partial charge in [0.05, 0.1) is 12.1 Å². The molecule has 2 aromatic rings. The standard InChI is InChI=1S/C11H11N3O2/c1-7-9(6-10(15)16)14-11(13-7)8-2-4-12-5-3-8/h2-5H,6H2,1H3,(H,13,14)(H,15,16). The lowest BCUT2D eigenvalue weighted by Gasteiger charge is -1.93. The van der Waals surface area contributed by atoms with Gasteiger partial charge in [-0.3, -0.25) is 9.78 Å². The van der Waals surface area contributed by atoms with Crippen molar-refractivity contribution in [3.8, 4) is 11.4 Å². The molecule has 0 saturated heterocycles. The van der Waals surface area contributed by atoms with Crippen LogP contribution >= 0.6 is 0 Å². The lowest BCUT2D eigenvalue weighted by atomic mass is 10.2. The highest BCUT2D eigenvalue weighted by Crippen LogP contribution is 2.17. The third-order valence-corrected chi connectivity index (χ3v) is 2.26. The molecule has 0 bridgehead atoms. The Morgan fingerprint density at radius 3 is 2.75 bits per heavy atom. The zero-order valence-electron chi connectivity index (χ0n) is 8.77. The zero-order chi connectivity index (χ0) is 11.5. The van der Waals surface area contributed by atoms with Crippen molar-refractivity contribution >= 4 is 5.97 Å². The van der Waals surface area contributed by atoms with E-state index in [1.807, 2.05) is 19.1 Å². The molecule has 5 heteroatoms. The van der Waals surface area contributed by atoms with Gasteiger partial charge in [-0.2, -0.15) is 0 Å². The monoisotopic (exact) mass is 217 g/mol. The van der Waals surface area contributed by atoms with E-state index in [1.165, 1.54) is 0 Å². The molecule has 0 amide bonds. The minimum atomic E-state index is -0.879. The van der Waals surface area contributed by atoms with Crippen LogP contribution < -0.4 is 0 Å². The third-order valence-electron chi connectivity index (χ3n) is 2.26. The van der Waals surface area contributed by atoms with Crippen molar-refractivity contribution in [2.75, 3.05) is 0 Å². The number of nitrogens with one attached hydrogen (secondary N) is 1. The average molecular weight is 217 g/mol. The van der Waals surface area contributed by atoms with E-state index in [-0.39, 0.29) is 6.42 Å². The molecule has 0 fully saturated rings. The van der Waals surface area contributed by atoms with Crippen LogP contribution in [0.25, 0.3) is 11.4 Å². The molecule has 16 heavy (non-hydrogen) atoms. The Bertz CT molecular complexity index is 505. The van der Waals surface area contributed by atoms with Gasteiger partial charge in [0.2, 0.25) is 0 Å². The van der Waals surface area contributed by atoms with Crippen molar-refractivity contribution in [2.24, 2.45) is 0 Å². The highest BCUT2D eigenvalue weighted by molar-refractivity contribution is 5.70. The molecule has 0 aromatic carbocycles. The number of aromatic nitrogens is 3. The van der Waals surface area contributed by atoms with E-state index in [2.05, 4.69) is 15.0 Å². The molecule has 0 radical (unpaired) electrons. The second-order valence-electron chi connectivity index (χ2n) is 3.46. The number of aliphatic carboxylic acids is 1. The maximum Gasteiger partial charge on any atom is 0.309 e. The lowest BCUT2D eigenvalue weighted by molar-refractivity contribution is -0.136. The molecule has 2 aromatic heterocycles. The highest BCUT2D eigenvalue weighted by atomic mass is 16.4. The number of aromatic amines is 1. The Balaban J connectivity index is 2.34. The number of carboxylic acid groups (broad SMARTS) is 1. The molecule has 2 heterocycles. The Morgan fingerprint density at radius 2 is 2.12 bits per heavy atom. The van der Waals surface area contributed by atoms with Crippen LogP contribution in [0.2, 0.25) is 0 Å². The van der Waals surface area contributed by atoms with Gasteiger partial charge < -0.3 is 10.1 Å². The Hall–Kier alpha value is -2.17. The first-order valence-corrected chi connectivity index (χ1v) is 4.84. The Kier molecular flexibility index (Phi) is 2.68. The number of H-pyrrole nitrogens is 1. The summed E-state index contributed by atoms with van der Waals surface area (Å²) in [5, 5.41) is 8.71. The quantitative estimate of drug-likeness (QED) is 0.814. The van der Waals surface area contributed by atoms with E-state index in [0.717, 1.165) is 11.3 Å². The first-order valence-electron chi connectivity index (χ1n) is 4.84. The molecule has 0 aliphatic heterocycles. The van der Waals surface area contributed by atoms with Crippen LogP contribution in [-0.2, 0) is 11.2 Å². The van der Waals surface area contributed by atoms with Crippen LogP contribution in [0.3, 0.4) is 0 Å². The number of rotatable bonds is 3. The highest BCUT2D eigenvalue weighted by Gasteiger charge is 2.10. The van der Waals surface area contributed by atoms with Gasteiger partial charge in [0.15, 0.2) is 0 Å². The third kappa shape index (κ3) is 2.08. The summed E-state index contributed by atoms with van der Waals surface area (Å²) in [6.07, 6.45) is 3.28. The van der Waals surface area contributed by atoms with Crippen molar-refractivity contribution in [1.82, 2.24) is 15.0 Å². The van der Waals surface area contributed by atoms with Crippen LogP contribution in [0.15, 0.2) is 24.5 Å². The maximum absolute atomic E-state index is 10.6. The summed E-state index contributed by atoms with van der Waals surface area (Å²) >= 11 is 0. The molecule has 2 rings (SSSR count). The predicted octanol–water partition coefficient (Wildman–Crippen LogP) is 1.41. The number of hydrogen-bond donors (Lipinski definition) is 2. The minimum Gasteiger partial charge on any atom is -0.481 e. The summed E-state index contributed by atoms with van der Waals surface area (Å²) in [6.45, 7) is 1.82. The van der Waals surface area contributed by atoms with Gasteiger partial charge in [-0.05, 0) is 19.1 Å². The number of carbonyl (C=O) groups is 1. The number of imidazole rings is 1. The maximum atomic E-state index is 10.6. The predicted molar refractivity (Wildman–Crippen MR) is 57.9 cm³/mol.